The lowest BCUT2D eigenvalue weighted by molar-refractivity contribution is -0.298. The summed E-state index contributed by atoms with van der Waals surface area (Å²) in [5.41, 5.74) is 0.836. The van der Waals surface area contributed by atoms with Crippen LogP contribution in [0.1, 0.15) is 12.0 Å². The number of rotatable bonds is 6. The molecule has 26 heavy (non-hydrogen) atoms. The third-order valence-electron chi connectivity index (χ3n) is 4.05. The van der Waals surface area contributed by atoms with Crippen molar-refractivity contribution < 1.29 is 31.1 Å². The molecule has 0 bridgehead atoms. The highest BCUT2D eigenvalue weighted by Gasteiger charge is 2.61. The van der Waals surface area contributed by atoms with Crippen LogP contribution in [0.25, 0.3) is 6.08 Å². The second-order valence-electron chi connectivity index (χ2n) is 6.13. The van der Waals surface area contributed by atoms with Gasteiger partial charge < -0.3 is 5.32 Å². The van der Waals surface area contributed by atoms with E-state index in [-0.39, 0.29) is 31.5 Å². The van der Waals surface area contributed by atoms with E-state index < -0.39 is 18.4 Å². The zero-order chi connectivity index (χ0) is 19.4. The van der Waals surface area contributed by atoms with Crippen LogP contribution in [0.5, 0.6) is 0 Å². The minimum absolute atomic E-state index is 0.194. The molecule has 1 heterocycles. The molecule has 0 radical (unpaired) electrons. The van der Waals surface area contributed by atoms with Gasteiger partial charge in [-0.2, -0.15) is 26.3 Å². The highest BCUT2D eigenvalue weighted by molar-refractivity contribution is 5.91. The number of carbonyl (C=O) groups is 1. The number of carbonyl (C=O) groups excluding carboxylic acids is 1. The summed E-state index contributed by atoms with van der Waals surface area (Å²) in [5.74, 6) is -0.672. The van der Waals surface area contributed by atoms with Gasteiger partial charge in [0.15, 0.2) is 0 Å². The minimum atomic E-state index is -5.35. The van der Waals surface area contributed by atoms with Crippen LogP contribution in [0.3, 0.4) is 0 Å². The molecule has 9 heteroatoms. The zero-order valence-electron chi connectivity index (χ0n) is 13.6. The molecule has 0 spiro atoms. The van der Waals surface area contributed by atoms with Gasteiger partial charge in [0.2, 0.25) is 11.9 Å². The van der Waals surface area contributed by atoms with Crippen LogP contribution in [-0.4, -0.2) is 48.8 Å². The number of nitrogens with one attached hydrogen (secondary N) is 1. The van der Waals surface area contributed by atoms with E-state index in [0.29, 0.717) is 11.3 Å². The third kappa shape index (κ3) is 5.76. The standard InChI is InChI=1S/C17H18F6N2O/c18-16(19,20)15(17(21,22)23)25-10-13(11-25)8-9-24-14(26)7-6-12-4-2-1-3-5-12/h1-7,13,15H,8-11H2,(H,24,26)/b7-6+. The summed E-state index contributed by atoms with van der Waals surface area (Å²) in [4.78, 5) is 12.0. The Hall–Kier alpha value is -2.03. The van der Waals surface area contributed by atoms with Crippen molar-refractivity contribution in [3.8, 4) is 0 Å². The normalized spacial score (nSPS) is 16.9. The molecule has 0 aliphatic carbocycles. The summed E-state index contributed by atoms with van der Waals surface area (Å²) in [7, 11) is 0. The average molecular weight is 380 g/mol. The number of amides is 1. The second-order valence-corrected chi connectivity index (χ2v) is 6.13. The van der Waals surface area contributed by atoms with Gasteiger partial charge in [-0.25, -0.2) is 0 Å². The number of likely N-dealkylation sites (tertiary alicyclic amines) is 1. The van der Waals surface area contributed by atoms with Crippen LogP contribution in [0, 0.1) is 5.92 Å². The highest BCUT2D eigenvalue weighted by Crippen LogP contribution is 2.40. The van der Waals surface area contributed by atoms with Crippen molar-refractivity contribution in [2.45, 2.75) is 24.8 Å². The summed E-state index contributed by atoms with van der Waals surface area (Å²) in [5, 5.41) is 2.57. The summed E-state index contributed by atoms with van der Waals surface area (Å²) in [6.07, 6.45) is -7.44. The number of halogens is 6. The molecule has 144 valence electrons. The van der Waals surface area contributed by atoms with Crippen LogP contribution >= 0.6 is 0 Å². The van der Waals surface area contributed by atoms with E-state index in [2.05, 4.69) is 5.32 Å². The summed E-state index contributed by atoms with van der Waals surface area (Å²) in [6.45, 7) is -0.391. The number of alkyl halides is 6. The predicted octanol–water partition coefficient (Wildman–Crippen LogP) is 3.63. The van der Waals surface area contributed by atoms with Crippen molar-refractivity contribution in [1.82, 2.24) is 10.2 Å². The number of hydrogen-bond acceptors (Lipinski definition) is 2. The first-order valence-corrected chi connectivity index (χ1v) is 7.96. The van der Waals surface area contributed by atoms with E-state index >= 15 is 0 Å². The zero-order valence-corrected chi connectivity index (χ0v) is 13.6. The van der Waals surface area contributed by atoms with E-state index in [9.17, 15) is 31.1 Å². The van der Waals surface area contributed by atoms with E-state index in [0.717, 1.165) is 5.56 Å². The summed E-state index contributed by atoms with van der Waals surface area (Å²) < 4.78 is 75.4. The quantitative estimate of drug-likeness (QED) is 0.604. The van der Waals surface area contributed by atoms with Crippen LogP contribution in [0.4, 0.5) is 26.3 Å². The molecular weight excluding hydrogens is 362 g/mol. The van der Waals surface area contributed by atoms with Crippen molar-refractivity contribution in [1.29, 1.82) is 0 Å². The van der Waals surface area contributed by atoms with Gasteiger partial charge in [-0.3, -0.25) is 9.69 Å². The molecule has 1 aromatic carbocycles. The van der Waals surface area contributed by atoms with Gasteiger partial charge >= 0.3 is 12.4 Å². The molecule has 0 saturated carbocycles. The monoisotopic (exact) mass is 380 g/mol. The fraction of sp³-hybridized carbons (Fsp3) is 0.471. The summed E-state index contributed by atoms with van der Waals surface area (Å²) >= 11 is 0. The average Bonchev–Trinajstić information content (AvgIpc) is 2.48. The van der Waals surface area contributed by atoms with Crippen LogP contribution in [0.2, 0.25) is 0 Å². The predicted molar refractivity (Wildman–Crippen MR) is 84.1 cm³/mol. The molecule has 1 saturated heterocycles. The Morgan fingerprint density at radius 1 is 1.12 bits per heavy atom. The molecule has 1 aliphatic rings. The molecular formula is C17H18F6N2O. The Kier molecular flexibility index (Phi) is 6.33. The second kappa shape index (κ2) is 8.11. The topological polar surface area (TPSA) is 32.3 Å². The maximum Gasteiger partial charge on any atom is 0.412 e. The number of hydrogen-bond donors (Lipinski definition) is 1. The van der Waals surface area contributed by atoms with Crippen LogP contribution < -0.4 is 5.32 Å². The van der Waals surface area contributed by atoms with Crippen molar-refractivity contribution in [3.63, 3.8) is 0 Å². The smallest absolute Gasteiger partial charge is 0.353 e. The van der Waals surface area contributed by atoms with Gasteiger partial charge in [-0.1, -0.05) is 30.3 Å². The molecule has 1 N–H and O–H groups in total. The molecule has 2 rings (SSSR count). The van der Waals surface area contributed by atoms with Gasteiger partial charge in [-0.15, -0.1) is 0 Å². The molecule has 0 atom stereocenters. The Bertz CT molecular complexity index is 606. The number of benzene rings is 1. The Morgan fingerprint density at radius 2 is 1.69 bits per heavy atom. The van der Waals surface area contributed by atoms with Crippen molar-refractivity contribution in [2.24, 2.45) is 5.92 Å². The van der Waals surface area contributed by atoms with Crippen LogP contribution in [-0.2, 0) is 4.79 Å². The maximum atomic E-state index is 12.6. The molecule has 1 aliphatic heterocycles. The van der Waals surface area contributed by atoms with Gasteiger partial charge in [0.1, 0.15) is 0 Å². The van der Waals surface area contributed by atoms with E-state index in [1.54, 1.807) is 6.08 Å². The van der Waals surface area contributed by atoms with Crippen molar-refractivity contribution in [2.75, 3.05) is 19.6 Å². The van der Waals surface area contributed by atoms with Crippen molar-refractivity contribution >= 4 is 12.0 Å². The Labute approximate surface area is 146 Å². The third-order valence-corrected chi connectivity index (χ3v) is 4.05. The SMILES string of the molecule is O=C(/C=C/c1ccccc1)NCCC1CN(C(C(F)(F)F)C(F)(F)F)C1. The first kappa shape index (κ1) is 20.3. The largest absolute Gasteiger partial charge is 0.412 e. The molecule has 1 amide bonds. The first-order chi connectivity index (χ1) is 12.1. The van der Waals surface area contributed by atoms with E-state index in [1.165, 1.54) is 6.08 Å². The lowest BCUT2D eigenvalue weighted by atomic mass is 9.93. The van der Waals surface area contributed by atoms with Crippen LogP contribution in [0.15, 0.2) is 36.4 Å². The molecule has 0 aromatic heterocycles. The Morgan fingerprint density at radius 3 is 2.23 bits per heavy atom. The van der Waals surface area contributed by atoms with Gasteiger partial charge in [0.25, 0.3) is 0 Å². The van der Waals surface area contributed by atoms with E-state index in [4.69, 9.17) is 0 Å². The molecule has 1 fully saturated rings. The fourth-order valence-electron chi connectivity index (χ4n) is 2.80. The molecule has 3 nitrogen and oxygen atoms in total. The van der Waals surface area contributed by atoms with Crippen molar-refractivity contribution in [3.05, 3.63) is 42.0 Å². The number of nitrogens with zero attached hydrogens (tertiary/aromatic N) is 1. The maximum absolute atomic E-state index is 12.6. The Balaban J connectivity index is 1.71. The summed E-state index contributed by atoms with van der Waals surface area (Å²) in [6, 6.07) is 5.66. The minimum Gasteiger partial charge on any atom is -0.353 e. The fourth-order valence-corrected chi connectivity index (χ4v) is 2.80. The lowest BCUT2D eigenvalue weighted by Crippen LogP contribution is -2.62. The van der Waals surface area contributed by atoms with Gasteiger partial charge in [0.05, 0.1) is 0 Å². The van der Waals surface area contributed by atoms with E-state index in [1.807, 2.05) is 30.3 Å². The van der Waals surface area contributed by atoms with Gasteiger partial charge in [0, 0.05) is 25.7 Å². The first-order valence-electron chi connectivity index (χ1n) is 7.96. The molecule has 1 aromatic rings. The lowest BCUT2D eigenvalue weighted by Gasteiger charge is -2.45. The molecule has 0 unspecified atom stereocenters. The highest BCUT2D eigenvalue weighted by atomic mass is 19.4. The van der Waals surface area contributed by atoms with Gasteiger partial charge in [-0.05, 0) is 24.0 Å².